The maximum absolute atomic E-state index is 7.27. The van der Waals surface area contributed by atoms with Crippen molar-refractivity contribution in [2.24, 2.45) is 0 Å². The van der Waals surface area contributed by atoms with Crippen molar-refractivity contribution in [3.05, 3.63) is 29.5 Å². The van der Waals surface area contributed by atoms with Crippen molar-refractivity contribution < 1.29 is 25.8 Å². The van der Waals surface area contributed by atoms with E-state index in [-0.39, 0.29) is 56.7 Å². The van der Waals surface area contributed by atoms with Gasteiger partial charge < -0.3 is 5.73 Å². The minimum atomic E-state index is 0. The average molecular weight is 488 g/mol. The maximum atomic E-state index is 7.27. The van der Waals surface area contributed by atoms with Gasteiger partial charge in [-0.1, -0.05) is 45.2 Å². The molecule has 0 aliphatic heterocycles. The van der Waals surface area contributed by atoms with Crippen molar-refractivity contribution in [2.45, 2.75) is 64.6 Å². The molecule has 1 fully saturated rings. The van der Waals surface area contributed by atoms with E-state index < -0.39 is 0 Å². The average Bonchev–Trinajstić information content (AvgIpc) is 2.72. The van der Waals surface area contributed by atoms with Crippen LogP contribution in [0.15, 0.2) is 17.7 Å². The van der Waals surface area contributed by atoms with E-state index >= 15 is 0 Å². The molecule has 0 aromatic carbocycles. The Morgan fingerprint density at radius 1 is 1.16 bits per heavy atom. The van der Waals surface area contributed by atoms with Crippen LogP contribution in [0.2, 0.25) is 13.1 Å². The summed E-state index contributed by atoms with van der Waals surface area (Å²) in [5.74, 6) is 0. The molecule has 0 atom stereocenters. The number of halogens is 2. The Labute approximate surface area is 153 Å². The number of hydrogen-bond acceptors (Lipinski definition) is 0. The topological polar surface area (TPSA) is 23.8 Å². The Hall–Kier alpha value is 1.11. The number of hydrogen-bond donors (Lipinski definition) is 0. The van der Waals surface area contributed by atoms with Gasteiger partial charge in [-0.2, -0.15) is 6.08 Å². The summed E-state index contributed by atoms with van der Waals surface area (Å²) in [4.78, 5) is 0. The molecular formula is C14H28Cl2HfNSi-2. The Kier molecular flexibility index (Phi) is 31.9. The van der Waals surface area contributed by atoms with E-state index in [0.717, 1.165) is 28.8 Å². The summed E-state index contributed by atoms with van der Waals surface area (Å²) in [7, 11) is 0.750. The Morgan fingerprint density at radius 2 is 1.63 bits per heavy atom. The third kappa shape index (κ3) is 21.6. The zero-order valence-electron chi connectivity index (χ0n) is 12.4. The van der Waals surface area contributed by atoms with Crippen molar-refractivity contribution >= 4 is 34.3 Å². The summed E-state index contributed by atoms with van der Waals surface area (Å²) in [6, 6.07) is 0.286. The Morgan fingerprint density at radius 3 is 1.79 bits per heavy atom. The normalized spacial score (nSPS) is 16.1. The molecule has 0 spiro atoms. The summed E-state index contributed by atoms with van der Waals surface area (Å²) in [6.45, 7) is 6.50. The van der Waals surface area contributed by atoms with Crippen LogP contribution in [-0.2, 0) is 25.8 Å². The largest absolute Gasteiger partial charge is 0.675 e. The van der Waals surface area contributed by atoms with Crippen LogP contribution in [0.25, 0.3) is 5.73 Å². The van der Waals surface area contributed by atoms with Gasteiger partial charge in [0.25, 0.3) is 0 Å². The zero-order chi connectivity index (χ0) is 12.2. The van der Waals surface area contributed by atoms with Gasteiger partial charge in [-0.25, -0.2) is 11.6 Å². The second kappa shape index (κ2) is 21.4. The Bertz CT molecular complexity index is 215. The second-order valence-electron chi connectivity index (χ2n) is 4.41. The van der Waals surface area contributed by atoms with Gasteiger partial charge in [0, 0.05) is 35.4 Å². The van der Waals surface area contributed by atoms with Gasteiger partial charge in [-0.15, -0.1) is 44.2 Å². The summed E-state index contributed by atoms with van der Waals surface area (Å²) >= 11 is 0. The van der Waals surface area contributed by atoms with Crippen molar-refractivity contribution in [2.75, 3.05) is 0 Å². The monoisotopic (exact) mass is 488 g/mol. The predicted octanol–water partition coefficient (Wildman–Crippen LogP) is 5.43. The molecule has 5 heteroatoms. The molecule has 0 amide bonds. The Balaban J connectivity index is -0.0000000877. The predicted molar refractivity (Wildman–Crippen MR) is 90.8 cm³/mol. The van der Waals surface area contributed by atoms with E-state index in [1.165, 1.54) is 24.8 Å². The molecule has 0 aromatic rings. The van der Waals surface area contributed by atoms with Gasteiger partial charge in [0.15, 0.2) is 0 Å². The van der Waals surface area contributed by atoms with Crippen LogP contribution in [0, 0.1) is 6.08 Å². The van der Waals surface area contributed by atoms with Gasteiger partial charge in [0.2, 0.25) is 0 Å². The fraction of sp³-hybridized carbons (Fsp3) is 0.714. The summed E-state index contributed by atoms with van der Waals surface area (Å²) < 4.78 is 0. The first-order chi connectivity index (χ1) is 7.70. The fourth-order valence-corrected chi connectivity index (χ4v) is 1.60. The van der Waals surface area contributed by atoms with E-state index in [2.05, 4.69) is 32.2 Å². The van der Waals surface area contributed by atoms with E-state index in [9.17, 15) is 0 Å². The van der Waals surface area contributed by atoms with Crippen molar-refractivity contribution in [3.8, 4) is 0 Å². The quantitative estimate of drug-likeness (QED) is 0.321. The van der Waals surface area contributed by atoms with E-state index in [4.69, 9.17) is 5.73 Å². The minimum Gasteiger partial charge on any atom is -0.675 e. The van der Waals surface area contributed by atoms with Crippen LogP contribution in [0.1, 0.15) is 45.4 Å². The molecule has 0 bridgehead atoms. The molecule has 0 unspecified atom stereocenters. The number of rotatable bonds is 0. The number of nitrogens with one attached hydrogen (secondary N) is 1. The molecular weight excluding hydrogens is 460 g/mol. The number of allylic oxidation sites excluding steroid dienone is 4. The van der Waals surface area contributed by atoms with Crippen molar-refractivity contribution in [1.29, 1.82) is 0 Å². The third-order valence-corrected chi connectivity index (χ3v) is 2.48. The SMILES string of the molecule is CC1=CC[C-]=C1.C[SiH]C.Cl.Cl.[Hf].[NH-]C1CCCCC1. The molecule has 1 nitrogen and oxygen atoms in total. The second-order valence-corrected chi connectivity index (χ2v) is 5.57. The minimum absolute atomic E-state index is 0. The smallest absolute Gasteiger partial charge is 0.0213 e. The van der Waals surface area contributed by atoms with Crippen LogP contribution in [0.4, 0.5) is 0 Å². The molecule has 2 rings (SSSR count). The molecule has 1 saturated carbocycles. The van der Waals surface area contributed by atoms with Crippen molar-refractivity contribution in [1.82, 2.24) is 0 Å². The summed E-state index contributed by atoms with van der Waals surface area (Å²) in [5.41, 5.74) is 8.61. The molecule has 1 N–H and O–H groups in total. The molecule has 1 radical (unpaired) electrons. The van der Waals surface area contributed by atoms with Crippen LogP contribution in [0.3, 0.4) is 0 Å². The molecule has 2 aliphatic carbocycles. The van der Waals surface area contributed by atoms with E-state index in [1.54, 1.807) is 0 Å². The first-order valence-corrected chi connectivity index (χ1v) is 8.70. The molecule has 2 aliphatic rings. The van der Waals surface area contributed by atoms with Gasteiger partial charge in [0.05, 0.1) is 0 Å². The fourth-order valence-electron chi connectivity index (χ4n) is 1.60. The molecule has 0 heterocycles. The molecule has 0 aromatic heterocycles. The van der Waals surface area contributed by atoms with Gasteiger partial charge in [0.1, 0.15) is 0 Å². The third-order valence-electron chi connectivity index (χ3n) is 2.48. The van der Waals surface area contributed by atoms with E-state index in [0.29, 0.717) is 0 Å². The van der Waals surface area contributed by atoms with Crippen LogP contribution in [0.5, 0.6) is 0 Å². The maximum Gasteiger partial charge on any atom is 0.0213 e. The molecule has 113 valence electrons. The van der Waals surface area contributed by atoms with Crippen LogP contribution < -0.4 is 0 Å². The van der Waals surface area contributed by atoms with Crippen molar-refractivity contribution in [3.63, 3.8) is 0 Å². The van der Waals surface area contributed by atoms with Gasteiger partial charge >= 0.3 is 0 Å². The molecule has 19 heavy (non-hydrogen) atoms. The first kappa shape index (κ1) is 28.3. The van der Waals surface area contributed by atoms with Gasteiger partial charge in [-0.05, 0) is 0 Å². The standard InChI is InChI=1S/C6H12N.C6H7.C2H7Si.2ClH.Hf/c7-6-4-2-1-3-5-6;1-6-4-2-3-5-6;1-3-2;;;/h6-7H,1-5H2;4-5H,2H2,1H3;3H,1-2H3;2*1H;/q2*-1;;;;. The first-order valence-electron chi connectivity index (χ1n) is 6.39. The molecule has 0 saturated heterocycles. The zero-order valence-corrected chi connectivity index (χ0v) is 18.7. The van der Waals surface area contributed by atoms with E-state index in [1.807, 2.05) is 6.08 Å². The summed E-state index contributed by atoms with van der Waals surface area (Å²) in [6.07, 6.45) is 14.5. The van der Waals surface area contributed by atoms with Crippen LogP contribution in [-0.4, -0.2) is 15.6 Å². The summed E-state index contributed by atoms with van der Waals surface area (Å²) in [5, 5.41) is 0. The van der Waals surface area contributed by atoms with Gasteiger partial charge in [-0.3, -0.25) is 6.08 Å². The van der Waals surface area contributed by atoms with Crippen LogP contribution >= 0.6 is 24.8 Å².